The van der Waals surface area contributed by atoms with Gasteiger partial charge in [-0.1, -0.05) is 24.3 Å². The Morgan fingerprint density at radius 2 is 1.87 bits per heavy atom. The van der Waals surface area contributed by atoms with Gasteiger partial charge in [-0.15, -0.1) is 22.7 Å². The molecule has 3 aromatic heterocycles. The lowest BCUT2D eigenvalue weighted by Gasteiger charge is -2.32. The van der Waals surface area contributed by atoms with E-state index < -0.39 is 0 Å². The number of H-pyrrole nitrogens is 1. The molecule has 4 aromatic rings. The zero-order chi connectivity index (χ0) is 20.1. The third kappa shape index (κ3) is 3.24. The van der Waals surface area contributed by atoms with Gasteiger partial charge in [-0.05, 0) is 41.8 Å². The van der Waals surface area contributed by atoms with Crippen LogP contribution in [0.3, 0.4) is 0 Å². The Labute approximate surface area is 184 Å². The highest BCUT2D eigenvalue weighted by Gasteiger charge is 2.26. The lowest BCUT2D eigenvalue weighted by molar-refractivity contribution is 0.148. The Balaban J connectivity index is 1.25. The maximum absolute atomic E-state index is 4.71. The van der Waals surface area contributed by atoms with Crippen molar-refractivity contribution in [2.45, 2.75) is 13.0 Å². The molecule has 0 atom stereocenters. The first-order valence-corrected chi connectivity index (χ1v) is 12.2. The average Bonchev–Trinajstić information content (AvgIpc) is 3.53. The molecule has 1 N–H and O–H groups in total. The standard InChI is InChI=1S/C24H24N4S2/c1-27-8-10-28(11-9-27)15-16-4-5-18-17(13-16)14-19-23(18)25-26-24(19)22-7-6-21(30-22)20-3-2-12-29-20/h2-7,12-13H,8-11,14-15H2,1H3,(H,25,26). The van der Waals surface area contributed by atoms with Gasteiger partial charge in [-0.3, -0.25) is 10.00 Å². The topological polar surface area (TPSA) is 35.2 Å². The van der Waals surface area contributed by atoms with Gasteiger partial charge in [0.1, 0.15) is 0 Å². The molecule has 30 heavy (non-hydrogen) atoms. The summed E-state index contributed by atoms with van der Waals surface area (Å²) in [5.74, 6) is 0. The second-order valence-corrected chi connectivity index (χ2v) is 10.3. The van der Waals surface area contributed by atoms with E-state index in [1.165, 1.54) is 42.6 Å². The van der Waals surface area contributed by atoms with Crippen LogP contribution in [0.5, 0.6) is 0 Å². The van der Waals surface area contributed by atoms with E-state index in [0.717, 1.165) is 44.8 Å². The van der Waals surface area contributed by atoms with Gasteiger partial charge in [0.25, 0.3) is 0 Å². The Bertz CT molecular complexity index is 1180. The van der Waals surface area contributed by atoms with E-state index in [1.807, 2.05) is 11.3 Å². The van der Waals surface area contributed by atoms with Crippen LogP contribution in [-0.4, -0.2) is 53.2 Å². The van der Waals surface area contributed by atoms with E-state index in [1.54, 1.807) is 11.3 Å². The molecule has 4 heterocycles. The van der Waals surface area contributed by atoms with E-state index in [4.69, 9.17) is 5.10 Å². The fraction of sp³-hybridized carbons (Fsp3) is 0.292. The summed E-state index contributed by atoms with van der Waals surface area (Å²) >= 11 is 3.64. The Morgan fingerprint density at radius 1 is 1.00 bits per heavy atom. The predicted molar refractivity (Wildman–Crippen MR) is 126 cm³/mol. The quantitative estimate of drug-likeness (QED) is 0.425. The van der Waals surface area contributed by atoms with Gasteiger partial charge >= 0.3 is 0 Å². The summed E-state index contributed by atoms with van der Waals surface area (Å²) in [4.78, 5) is 8.91. The molecule has 0 spiro atoms. The van der Waals surface area contributed by atoms with E-state index in [-0.39, 0.29) is 0 Å². The molecule has 6 rings (SSSR count). The Morgan fingerprint density at radius 3 is 2.70 bits per heavy atom. The van der Waals surface area contributed by atoms with Crippen LogP contribution in [0.2, 0.25) is 0 Å². The molecule has 1 aliphatic carbocycles. The van der Waals surface area contributed by atoms with Crippen LogP contribution in [0, 0.1) is 0 Å². The molecule has 1 saturated heterocycles. The SMILES string of the molecule is CN1CCN(Cc2ccc3c(c2)Cc2c-3n[nH]c2-c2ccc(-c3cccs3)s2)CC1. The van der Waals surface area contributed by atoms with E-state index in [9.17, 15) is 0 Å². The number of nitrogens with zero attached hydrogens (tertiary/aromatic N) is 3. The number of hydrogen-bond acceptors (Lipinski definition) is 5. The molecule has 0 saturated carbocycles. The minimum Gasteiger partial charge on any atom is -0.304 e. The van der Waals surface area contributed by atoms with Crippen LogP contribution in [0.25, 0.3) is 31.6 Å². The summed E-state index contributed by atoms with van der Waals surface area (Å²) < 4.78 is 0. The lowest BCUT2D eigenvalue weighted by Crippen LogP contribution is -2.43. The third-order valence-electron chi connectivity index (χ3n) is 6.28. The van der Waals surface area contributed by atoms with Crippen molar-refractivity contribution in [1.29, 1.82) is 0 Å². The normalized spacial score (nSPS) is 16.7. The molecule has 6 heteroatoms. The number of thiophene rings is 2. The molecule has 152 valence electrons. The summed E-state index contributed by atoms with van der Waals surface area (Å²) in [6.45, 7) is 5.69. The Kier molecular flexibility index (Phi) is 4.61. The molecule has 0 radical (unpaired) electrons. The summed E-state index contributed by atoms with van der Waals surface area (Å²) in [6, 6.07) is 15.7. The monoisotopic (exact) mass is 432 g/mol. The molecule has 1 aromatic carbocycles. The van der Waals surface area contributed by atoms with Gasteiger partial charge < -0.3 is 4.90 Å². The highest BCUT2D eigenvalue weighted by atomic mass is 32.1. The van der Waals surface area contributed by atoms with Gasteiger partial charge in [0, 0.05) is 60.0 Å². The number of benzene rings is 1. The summed E-state index contributed by atoms with van der Waals surface area (Å²) in [5.41, 5.74) is 7.81. The van der Waals surface area contributed by atoms with Gasteiger partial charge in [-0.2, -0.15) is 5.10 Å². The third-order valence-corrected chi connectivity index (χ3v) is 8.45. The molecule has 1 fully saturated rings. The number of aromatic amines is 1. The predicted octanol–water partition coefficient (Wildman–Crippen LogP) is 5.19. The van der Waals surface area contributed by atoms with Crippen molar-refractivity contribution in [2.75, 3.05) is 33.2 Å². The molecule has 0 bridgehead atoms. The fourth-order valence-electron chi connectivity index (χ4n) is 4.56. The van der Waals surface area contributed by atoms with E-state index >= 15 is 0 Å². The Hall–Kier alpha value is -2.25. The van der Waals surface area contributed by atoms with Gasteiger partial charge in [-0.25, -0.2) is 0 Å². The molecule has 1 aliphatic heterocycles. The maximum atomic E-state index is 4.71. The molecule has 2 aliphatic rings. The van der Waals surface area contributed by atoms with Crippen LogP contribution >= 0.6 is 22.7 Å². The van der Waals surface area contributed by atoms with Gasteiger partial charge in [0.05, 0.1) is 16.3 Å². The summed E-state index contributed by atoms with van der Waals surface area (Å²) in [5, 5.41) is 10.2. The van der Waals surface area contributed by atoms with Crippen LogP contribution in [0.4, 0.5) is 0 Å². The van der Waals surface area contributed by atoms with Crippen molar-refractivity contribution < 1.29 is 0 Å². The van der Waals surface area contributed by atoms with Crippen molar-refractivity contribution >= 4 is 22.7 Å². The van der Waals surface area contributed by atoms with Crippen molar-refractivity contribution in [1.82, 2.24) is 20.0 Å². The van der Waals surface area contributed by atoms with E-state index in [2.05, 4.69) is 69.8 Å². The van der Waals surface area contributed by atoms with Crippen molar-refractivity contribution in [3.63, 3.8) is 0 Å². The average molecular weight is 433 g/mol. The first-order chi connectivity index (χ1) is 14.7. The molecule has 0 amide bonds. The highest BCUT2D eigenvalue weighted by Crippen LogP contribution is 2.43. The first-order valence-electron chi connectivity index (χ1n) is 10.5. The molecule has 4 nitrogen and oxygen atoms in total. The minimum atomic E-state index is 0.972. The molecular formula is C24H24N4S2. The van der Waals surface area contributed by atoms with Gasteiger partial charge in [0.15, 0.2) is 0 Å². The smallest absolute Gasteiger partial charge is 0.0965 e. The molecule has 0 unspecified atom stereocenters. The first kappa shape index (κ1) is 18.5. The largest absolute Gasteiger partial charge is 0.304 e. The van der Waals surface area contributed by atoms with E-state index in [0.29, 0.717) is 0 Å². The number of likely N-dealkylation sites (N-methyl/N-ethyl adjacent to an activating group) is 1. The van der Waals surface area contributed by atoms with Crippen molar-refractivity contribution in [3.8, 4) is 31.6 Å². The van der Waals surface area contributed by atoms with Crippen LogP contribution in [0.1, 0.15) is 16.7 Å². The zero-order valence-corrected chi connectivity index (χ0v) is 18.7. The van der Waals surface area contributed by atoms with Crippen LogP contribution in [-0.2, 0) is 13.0 Å². The lowest BCUT2D eigenvalue weighted by atomic mass is 10.0. The number of hydrogen-bond donors (Lipinski definition) is 1. The number of rotatable bonds is 4. The molecular weight excluding hydrogens is 408 g/mol. The van der Waals surface area contributed by atoms with Crippen molar-refractivity contribution in [2.24, 2.45) is 0 Å². The number of piperazine rings is 1. The van der Waals surface area contributed by atoms with Crippen molar-refractivity contribution in [3.05, 3.63) is 64.5 Å². The fourth-order valence-corrected chi connectivity index (χ4v) is 6.43. The minimum absolute atomic E-state index is 0.972. The van der Waals surface area contributed by atoms with Gasteiger partial charge in [0.2, 0.25) is 0 Å². The maximum Gasteiger partial charge on any atom is 0.0965 e. The summed E-state index contributed by atoms with van der Waals surface area (Å²) in [7, 11) is 2.21. The zero-order valence-electron chi connectivity index (χ0n) is 17.0. The number of nitrogens with one attached hydrogen (secondary N) is 1. The number of aromatic nitrogens is 2. The second-order valence-electron chi connectivity index (χ2n) is 8.31. The summed E-state index contributed by atoms with van der Waals surface area (Å²) in [6.07, 6.45) is 0.972. The number of fused-ring (bicyclic) bond motifs is 3. The second kappa shape index (κ2) is 7.46. The highest BCUT2D eigenvalue weighted by molar-refractivity contribution is 7.23. The van der Waals surface area contributed by atoms with Crippen LogP contribution in [0.15, 0.2) is 47.8 Å². The van der Waals surface area contributed by atoms with Crippen LogP contribution < -0.4 is 0 Å².